The van der Waals surface area contributed by atoms with Gasteiger partial charge < -0.3 is 10.1 Å². The molecule has 0 aliphatic rings. The van der Waals surface area contributed by atoms with Crippen molar-refractivity contribution in [2.24, 2.45) is 0 Å². The van der Waals surface area contributed by atoms with E-state index in [9.17, 15) is 0 Å². The summed E-state index contributed by atoms with van der Waals surface area (Å²) in [5.74, 6) is 0.926. The molecule has 0 spiro atoms. The molecule has 0 aromatic carbocycles. The number of nitrogens with one attached hydrogen (secondary N) is 1. The average molecular weight is 283 g/mol. The first-order valence-corrected chi connectivity index (χ1v) is 7.74. The van der Waals surface area contributed by atoms with Crippen molar-refractivity contribution in [1.29, 1.82) is 0 Å². The molecule has 0 aliphatic heterocycles. The van der Waals surface area contributed by atoms with Crippen LogP contribution in [0.4, 0.5) is 0 Å². The summed E-state index contributed by atoms with van der Waals surface area (Å²) >= 11 is 1.69. The molecule has 0 bridgehead atoms. The second-order valence-electron chi connectivity index (χ2n) is 4.72. The third-order valence-corrected chi connectivity index (χ3v) is 4.09. The van der Waals surface area contributed by atoms with E-state index in [1.54, 1.807) is 18.9 Å². The molecule has 4 nitrogen and oxygen atoms in total. The number of hydrogen-bond acceptors (Lipinski definition) is 5. The first kappa shape index (κ1) is 16.4. The third-order valence-electron chi connectivity index (χ3n) is 3.08. The Morgan fingerprint density at radius 3 is 2.37 bits per heavy atom. The summed E-state index contributed by atoms with van der Waals surface area (Å²) in [6, 6.07) is 0.348. The molecule has 0 radical (unpaired) electrons. The van der Waals surface area contributed by atoms with E-state index in [0.29, 0.717) is 6.04 Å². The fourth-order valence-electron chi connectivity index (χ4n) is 1.70. The van der Waals surface area contributed by atoms with Crippen LogP contribution in [0, 0.1) is 20.8 Å². The zero-order valence-corrected chi connectivity index (χ0v) is 13.4. The maximum Gasteiger partial charge on any atom is 0.188 e. The number of aryl methyl sites for hydroxylation is 2. The summed E-state index contributed by atoms with van der Waals surface area (Å²) in [6.07, 6.45) is 1.13. The molecular weight excluding hydrogens is 258 g/mol. The molecule has 0 saturated carbocycles. The van der Waals surface area contributed by atoms with Crippen LogP contribution in [0.15, 0.2) is 5.16 Å². The molecular formula is C14H25N3OS. The van der Waals surface area contributed by atoms with Gasteiger partial charge in [-0.1, -0.05) is 18.7 Å². The lowest BCUT2D eigenvalue weighted by Crippen LogP contribution is -2.36. The minimum Gasteiger partial charge on any atom is -0.383 e. The van der Waals surface area contributed by atoms with Crippen LogP contribution in [0.1, 0.15) is 30.3 Å². The molecule has 1 aromatic rings. The summed E-state index contributed by atoms with van der Waals surface area (Å²) in [6.45, 7) is 10.0. The Bertz CT molecular complexity index is 375. The highest BCUT2D eigenvalue weighted by molar-refractivity contribution is 7.99. The Hall–Kier alpha value is -0.650. The molecule has 1 aromatic heterocycles. The number of methoxy groups -OCH3 is 1. The van der Waals surface area contributed by atoms with Crippen molar-refractivity contribution >= 4 is 11.8 Å². The van der Waals surface area contributed by atoms with Crippen LogP contribution in [0.25, 0.3) is 0 Å². The van der Waals surface area contributed by atoms with E-state index in [1.165, 1.54) is 5.56 Å². The van der Waals surface area contributed by atoms with Crippen LogP contribution in [0.5, 0.6) is 0 Å². The van der Waals surface area contributed by atoms with Crippen molar-refractivity contribution < 1.29 is 4.74 Å². The van der Waals surface area contributed by atoms with Crippen LogP contribution in [0.2, 0.25) is 0 Å². The van der Waals surface area contributed by atoms with E-state index in [2.05, 4.69) is 29.1 Å². The fourth-order valence-corrected chi connectivity index (χ4v) is 2.66. The van der Waals surface area contributed by atoms with Gasteiger partial charge in [0.1, 0.15) is 0 Å². The third kappa shape index (κ3) is 5.47. The van der Waals surface area contributed by atoms with Crippen molar-refractivity contribution in [2.75, 3.05) is 26.0 Å². The van der Waals surface area contributed by atoms with E-state index in [0.717, 1.165) is 41.9 Å². The van der Waals surface area contributed by atoms with Gasteiger partial charge in [0.2, 0.25) is 0 Å². The monoisotopic (exact) mass is 283 g/mol. The van der Waals surface area contributed by atoms with Gasteiger partial charge in [-0.25, -0.2) is 9.97 Å². The average Bonchev–Trinajstić information content (AvgIpc) is 2.39. The molecule has 1 atom stereocenters. The molecule has 1 unspecified atom stereocenters. The molecule has 1 N–H and O–H groups in total. The van der Waals surface area contributed by atoms with Gasteiger partial charge in [0.25, 0.3) is 0 Å². The van der Waals surface area contributed by atoms with Gasteiger partial charge in [0.15, 0.2) is 5.16 Å². The van der Waals surface area contributed by atoms with E-state index in [4.69, 9.17) is 4.74 Å². The minimum absolute atomic E-state index is 0.348. The number of nitrogens with zero attached hydrogens (tertiary/aromatic N) is 2. The van der Waals surface area contributed by atoms with Gasteiger partial charge in [0.05, 0.1) is 6.61 Å². The Morgan fingerprint density at radius 1 is 1.21 bits per heavy atom. The molecule has 1 rings (SSSR count). The molecule has 0 amide bonds. The number of thioether (sulfide) groups is 1. The van der Waals surface area contributed by atoms with Gasteiger partial charge in [-0.3, -0.25) is 0 Å². The van der Waals surface area contributed by atoms with Gasteiger partial charge in [-0.2, -0.15) is 0 Å². The lowest BCUT2D eigenvalue weighted by molar-refractivity contribution is 0.174. The highest BCUT2D eigenvalue weighted by Crippen LogP contribution is 2.18. The quantitative estimate of drug-likeness (QED) is 0.587. The van der Waals surface area contributed by atoms with Crippen LogP contribution < -0.4 is 5.32 Å². The fraction of sp³-hybridized carbons (Fsp3) is 0.714. The summed E-state index contributed by atoms with van der Waals surface area (Å²) in [7, 11) is 1.74. The highest BCUT2D eigenvalue weighted by Gasteiger charge is 2.11. The van der Waals surface area contributed by atoms with Gasteiger partial charge in [-0.05, 0) is 39.3 Å². The van der Waals surface area contributed by atoms with E-state index in [-0.39, 0.29) is 0 Å². The van der Waals surface area contributed by atoms with Crippen molar-refractivity contribution in [3.63, 3.8) is 0 Å². The second-order valence-corrected chi connectivity index (χ2v) is 5.71. The van der Waals surface area contributed by atoms with Gasteiger partial charge in [0, 0.05) is 30.3 Å². The minimum atomic E-state index is 0.348. The number of ether oxygens (including phenoxy) is 1. The first-order valence-electron chi connectivity index (χ1n) is 6.75. The molecule has 1 heterocycles. The van der Waals surface area contributed by atoms with Gasteiger partial charge >= 0.3 is 0 Å². The van der Waals surface area contributed by atoms with E-state index >= 15 is 0 Å². The van der Waals surface area contributed by atoms with E-state index in [1.807, 2.05) is 13.8 Å². The Kier molecular flexibility index (Phi) is 7.34. The van der Waals surface area contributed by atoms with E-state index < -0.39 is 0 Å². The zero-order valence-electron chi connectivity index (χ0n) is 12.6. The van der Waals surface area contributed by atoms with Crippen LogP contribution in [0.3, 0.4) is 0 Å². The number of hydrogen-bond donors (Lipinski definition) is 1. The lowest BCUT2D eigenvalue weighted by atomic mass is 10.2. The normalized spacial score (nSPS) is 12.7. The highest BCUT2D eigenvalue weighted by atomic mass is 32.2. The molecule has 5 heteroatoms. The molecule has 0 saturated heterocycles. The molecule has 0 aliphatic carbocycles. The lowest BCUT2D eigenvalue weighted by Gasteiger charge is -2.17. The maximum absolute atomic E-state index is 5.24. The van der Waals surface area contributed by atoms with Crippen molar-refractivity contribution in [1.82, 2.24) is 15.3 Å². The van der Waals surface area contributed by atoms with Crippen LogP contribution in [-0.4, -0.2) is 42.0 Å². The summed E-state index contributed by atoms with van der Waals surface area (Å²) in [5, 5.41) is 4.34. The summed E-state index contributed by atoms with van der Waals surface area (Å²) in [5.41, 5.74) is 3.32. The predicted molar refractivity (Wildman–Crippen MR) is 80.9 cm³/mol. The molecule has 0 fully saturated rings. The molecule has 19 heavy (non-hydrogen) atoms. The van der Waals surface area contributed by atoms with Crippen LogP contribution >= 0.6 is 11.8 Å². The standard InChI is InChI=1S/C14H25N3OS/c1-6-7-15-13(8-18-5)9-19-14-16-11(3)10(2)12(4)17-14/h13,15H,6-9H2,1-5H3. The van der Waals surface area contributed by atoms with Crippen molar-refractivity contribution in [3.05, 3.63) is 17.0 Å². The second kappa shape index (κ2) is 8.51. The number of aromatic nitrogens is 2. The Morgan fingerprint density at radius 2 is 1.84 bits per heavy atom. The summed E-state index contributed by atoms with van der Waals surface area (Å²) in [4.78, 5) is 9.06. The number of rotatable bonds is 8. The van der Waals surface area contributed by atoms with Crippen molar-refractivity contribution in [3.8, 4) is 0 Å². The predicted octanol–water partition coefficient (Wildman–Crippen LogP) is 2.51. The smallest absolute Gasteiger partial charge is 0.188 e. The maximum atomic E-state index is 5.24. The first-order chi connectivity index (χ1) is 9.08. The zero-order chi connectivity index (χ0) is 14.3. The summed E-state index contributed by atoms with van der Waals surface area (Å²) < 4.78 is 5.24. The Labute approximate surface area is 120 Å². The molecule has 108 valence electrons. The topological polar surface area (TPSA) is 47.0 Å². The Balaban J connectivity index is 2.58. The van der Waals surface area contributed by atoms with Crippen LogP contribution in [-0.2, 0) is 4.74 Å². The SMILES string of the molecule is CCCNC(COC)CSc1nc(C)c(C)c(C)n1. The van der Waals surface area contributed by atoms with Gasteiger partial charge in [-0.15, -0.1) is 0 Å². The van der Waals surface area contributed by atoms with Crippen molar-refractivity contribution in [2.45, 2.75) is 45.3 Å². The largest absolute Gasteiger partial charge is 0.383 e.